The summed E-state index contributed by atoms with van der Waals surface area (Å²) in [6.07, 6.45) is 0.920. The van der Waals surface area contributed by atoms with Gasteiger partial charge < -0.3 is 34.4 Å². The van der Waals surface area contributed by atoms with Crippen LogP contribution in [0.15, 0.2) is 45.7 Å². The van der Waals surface area contributed by atoms with Crippen LogP contribution in [0.25, 0.3) is 22.1 Å². The molecule has 0 unspecified atom stereocenters. The second-order valence-corrected chi connectivity index (χ2v) is 12.2. The van der Waals surface area contributed by atoms with Gasteiger partial charge in [-0.15, -0.1) is 0 Å². The number of rotatable bonds is 8. The molecule has 0 spiro atoms. The van der Waals surface area contributed by atoms with Crippen LogP contribution in [-0.4, -0.2) is 81.8 Å². The summed E-state index contributed by atoms with van der Waals surface area (Å²) in [5, 5.41) is 12.3. The van der Waals surface area contributed by atoms with Gasteiger partial charge in [0.05, 0.1) is 17.1 Å². The molecular formula is C31H30ClF3N6O7. The molecule has 2 aliphatic rings. The number of aliphatic carboxylic acids is 1. The maximum absolute atomic E-state index is 15.9. The van der Waals surface area contributed by atoms with Gasteiger partial charge in [-0.25, -0.2) is 23.9 Å². The van der Waals surface area contributed by atoms with E-state index in [1.165, 1.54) is 29.0 Å². The molecule has 0 aliphatic carbocycles. The number of carbonyl (C=O) groups excluding carboxylic acids is 2. The van der Waals surface area contributed by atoms with Crippen molar-refractivity contribution in [2.75, 3.05) is 37.7 Å². The number of amides is 2. The minimum Gasteiger partial charge on any atom is -0.480 e. The van der Waals surface area contributed by atoms with Crippen LogP contribution in [0, 0.1) is 5.92 Å². The molecule has 5 heterocycles. The first-order valence-corrected chi connectivity index (χ1v) is 15.5. The SMILES string of the molecule is C[C@H]1CN(C(=O)OCCNC(=O)C(F)(F)c2nc(N3CCC[C@H]3C(=O)O)c3oc4ccccc4c3n2)CC[C@]1(F)c1cc(Cl)c[nH]c1=O. The van der Waals surface area contributed by atoms with Crippen molar-refractivity contribution in [3.63, 3.8) is 0 Å². The van der Waals surface area contributed by atoms with Crippen molar-refractivity contribution in [2.45, 2.75) is 43.8 Å². The molecule has 6 rings (SSSR count). The van der Waals surface area contributed by atoms with Gasteiger partial charge in [0, 0.05) is 43.6 Å². The molecule has 3 N–H and O–H groups in total. The largest absolute Gasteiger partial charge is 0.480 e. The van der Waals surface area contributed by atoms with Crippen LogP contribution in [0.1, 0.15) is 37.6 Å². The van der Waals surface area contributed by atoms with E-state index in [1.54, 1.807) is 24.3 Å². The third kappa shape index (κ3) is 5.88. The third-order valence-electron chi connectivity index (χ3n) is 8.79. The van der Waals surface area contributed by atoms with Gasteiger partial charge in [-0.3, -0.25) is 9.59 Å². The Hall–Kier alpha value is -4.86. The first-order chi connectivity index (χ1) is 22.8. The van der Waals surface area contributed by atoms with Gasteiger partial charge in [0.25, 0.3) is 11.5 Å². The molecule has 0 saturated carbocycles. The molecule has 48 heavy (non-hydrogen) atoms. The molecule has 13 nitrogen and oxygen atoms in total. The molecule has 1 aromatic carbocycles. The number of nitrogens with one attached hydrogen (secondary N) is 2. The second-order valence-electron chi connectivity index (χ2n) is 11.8. The van der Waals surface area contributed by atoms with E-state index in [0.717, 1.165) is 0 Å². The minimum absolute atomic E-state index is 0.00364. The first kappa shape index (κ1) is 33.1. The number of hydrogen-bond acceptors (Lipinski definition) is 9. The van der Waals surface area contributed by atoms with Crippen LogP contribution in [0.3, 0.4) is 0 Å². The lowest BCUT2D eigenvalue weighted by Gasteiger charge is -2.40. The Labute approximate surface area is 275 Å². The lowest BCUT2D eigenvalue weighted by atomic mass is 9.79. The highest BCUT2D eigenvalue weighted by molar-refractivity contribution is 6.30. The minimum atomic E-state index is -4.27. The number of nitrogens with zero attached hydrogens (tertiary/aromatic N) is 4. The predicted octanol–water partition coefficient (Wildman–Crippen LogP) is 4.32. The number of carbonyl (C=O) groups is 3. The summed E-state index contributed by atoms with van der Waals surface area (Å²) in [4.78, 5) is 62.5. The van der Waals surface area contributed by atoms with E-state index in [-0.39, 0.29) is 60.0 Å². The summed E-state index contributed by atoms with van der Waals surface area (Å²) in [5.41, 5.74) is -2.48. The standard InChI is InChI=1S/C31H30ClF3N6O7/c1-16-15-40(11-8-30(16,33)19-13-17(32)14-37-25(19)42)29(46)47-12-9-36-28(45)31(34,35)27-38-22-18-5-2-3-7-21(18)48-23(22)24(39-27)41-10-4-6-20(41)26(43)44/h2-3,5,7,13-14,16,20H,4,6,8-12,15H2,1H3,(H,36,45)(H,37,42)(H,43,44)/t16-,20-,30+/m0/s1. The fraction of sp³-hybridized carbons (Fsp3) is 0.419. The molecule has 3 atom stereocenters. The number of fused-ring (bicyclic) bond motifs is 3. The Morgan fingerprint density at radius 3 is 2.77 bits per heavy atom. The van der Waals surface area contributed by atoms with E-state index in [0.29, 0.717) is 17.4 Å². The summed E-state index contributed by atoms with van der Waals surface area (Å²) in [5.74, 6) is -9.32. The number of pyridine rings is 1. The number of hydrogen-bond donors (Lipinski definition) is 3. The summed E-state index contributed by atoms with van der Waals surface area (Å²) in [7, 11) is 0. The highest BCUT2D eigenvalue weighted by Gasteiger charge is 2.47. The van der Waals surface area contributed by atoms with Crippen molar-refractivity contribution in [3.8, 4) is 0 Å². The van der Waals surface area contributed by atoms with Crippen LogP contribution in [0.4, 0.5) is 23.8 Å². The Kier molecular flexibility index (Phi) is 8.70. The van der Waals surface area contributed by atoms with Crippen LogP contribution >= 0.6 is 11.6 Å². The number of H-pyrrole nitrogens is 1. The number of ether oxygens (including phenoxy) is 1. The highest BCUT2D eigenvalue weighted by Crippen LogP contribution is 2.41. The van der Waals surface area contributed by atoms with E-state index in [4.69, 9.17) is 20.8 Å². The highest BCUT2D eigenvalue weighted by atomic mass is 35.5. The molecule has 2 fully saturated rings. The van der Waals surface area contributed by atoms with Crippen molar-refractivity contribution in [2.24, 2.45) is 5.92 Å². The number of alkyl halides is 3. The predicted molar refractivity (Wildman–Crippen MR) is 166 cm³/mol. The van der Waals surface area contributed by atoms with E-state index in [1.807, 2.05) is 5.32 Å². The van der Waals surface area contributed by atoms with Crippen molar-refractivity contribution < 1.29 is 41.8 Å². The molecule has 0 radical (unpaired) electrons. The molecule has 17 heteroatoms. The summed E-state index contributed by atoms with van der Waals surface area (Å²) in [6, 6.07) is 6.74. The maximum Gasteiger partial charge on any atom is 0.409 e. The number of benzene rings is 1. The number of aromatic amines is 1. The van der Waals surface area contributed by atoms with Crippen molar-refractivity contribution in [1.29, 1.82) is 0 Å². The normalized spacial score (nSPS) is 21.5. The molecule has 0 bridgehead atoms. The number of carboxylic acids is 1. The Balaban J connectivity index is 1.12. The number of likely N-dealkylation sites (tertiary alicyclic amines) is 1. The van der Waals surface area contributed by atoms with E-state index in [9.17, 15) is 24.3 Å². The number of furan rings is 1. The van der Waals surface area contributed by atoms with Gasteiger partial charge in [0.1, 0.15) is 29.4 Å². The van der Waals surface area contributed by atoms with Crippen LogP contribution in [0.5, 0.6) is 0 Å². The maximum atomic E-state index is 15.9. The molecule has 3 aromatic heterocycles. The zero-order valence-electron chi connectivity index (χ0n) is 25.5. The Bertz CT molecular complexity index is 1970. The van der Waals surface area contributed by atoms with Gasteiger partial charge in [-0.1, -0.05) is 30.7 Å². The average Bonchev–Trinajstić information content (AvgIpc) is 3.70. The van der Waals surface area contributed by atoms with Crippen molar-refractivity contribution >= 4 is 57.5 Å². The molecule has 4 aromatic rings. The molecule has 2 aliphatic heterocycles. The lowest BCUT2D eigenvalue weighted by Crippen LogP contribution is -2.50. The monoisotopic (exact) mass is 690 g/mol. The number of para-hydroxylation sites is 1. The number of halogens is 4. The quantitative estimate of drug-likeness (QED) is 0.226. The van der Waals surface area contributed by atoms with E-state index >= 15 is 13.2 Å². The third-order valence-corrected chi connectivity index (χ3v) is 9.00. The number of aromatic nitrogens is 3. The summed E-state index contributed by atoms with van der Waals surface area (Å²) in [6.45, 7) is 0.572. The van der Waals surface area contributed by atoms with E-state index < -0.39 is 66.1 Å². The average molecular weight is 691 g/mol. The van der Waals surface area contributed by atoms with Crippen molar-refractivity contribution in [3.05, 3.63) is 63.3 Å². The lowest BCUT2D eigenvalue weighted by molar-refractivity contribution is -0.148. The number of carboxylic acid groups (broad SMARTS) is 1. The smallest absolute Gasteiger partial charge is 0.409 e. The van der Waals surface area contributed by atoms with Crippen molar-refractivity contribution in [1.82, 2.24) is 25.2 Å². The Morgan fingerprint density at radius 2 is 2.02 bits per heavy atom. The zero-order chi connectivity index (χ0) is 34.4. The number of anilines is 1. The van der Waals surface area contributed by atoms with Gasteiger partial charge in [0.15, 0.2) is 11.4 Å². The van der Waals surface area contributed by atoms with Gasteiger partial charge in [-0.2, -0.15) is 8.78 Å². The topological polar surface area (TPSA) is 171 Å². The molecule has 2 saturated heterocycles. The molecule has 254 valence electrons. The summed E-state index contributed by atoms with van der Waals surface area (Å²) < 4.78 is 58.1. The van der Waals surface area contributed by atoms with Gasteiger partial charge >= 0.3 is 18.0 Å². The fourth-order valence-corrected chi connectivity index (χ4v) is 6.40. The zero-order valence-corrected chi connectivity index (χ0v) is 26.2. The van der Waals surface area contributed by atoms with Gasteiger partial charge in [0.2, 0.25) is 5.82 Å². The van der Waals surface area contributed by atoms with Gasteiger partial charge in [-0.05, 0) is 31.0 Å². The first-order valence-electron chi connectivity index (χ1n) is 15.2. The second kappa shape index (κ2) is 12.6. The van der Waals surface area contributed by atoms with E-state index in [2.05, 4.69) is 15.0 Å². The molecule has 2 amide bonds. The number of piperidine rings is 1. The Morgan fingerprint density at radius 1 is 1.25 bits per heavy atom. The molecular weight excluding hydrogens is 661 g/mol. The fourth-order valence-electron chi connectivity index (χ4n) is 6.24. The van der Waals surface area contributed by atoms with Crippen LogP contribution in [-0.2, 0) is 25.9 Å². The van der Waals surface area contributed by atoms with Crippen LogP contribution in [0.2, 0.25) is 5.02 Å². The van der Waals surface area contributed by atoms with Crippen LogP contribution < -0.4 is 15.8 Å². The summed E-state index contributed by atoms with van der Waals surface area (Å²) >= 11 is 5.94.